The van der Waals surface area contributed by atoms with Gasteiger partial charge in [-0.1, -0.05) is 0 Å². The molecule has 0 radical (unpaired) electrons. The lowest BCUT2D eigenvalue weighted by atomic mass is 10.2. The minimum Gasteiger partial charge on any atom is -0.454 e. The van der Waals surface area contributed by atoms with Gasteiger partial charge in [-0.05, 0) is 27.7 Å². The quantitative estimate of drug-likeness (QED) is 0.759. The Kier molecular flexibility index (Phi) is 3.02. The molecule has 1 heterocycles. The average Bonchev–Trinajstić information content (AvgIpc) is 2.43. The molecule has 84 valence electrons. The zero-order valence-corrected chi connectivity index (χ0v) is 9.67. The highest BCUT2D eigenvalue weighted by Crippen LogP contribution is 2.18. The molecule has 1 rings (SSSR count). The molecule has 1 N–H and O–H groups in total. The van der Waals surface area contributed by atoms with E-state index in [0.29, 0.717) is 11.7 Å². The Morgan fingerprint density at radius 2 is 2.07 bits per heavy atom. The largest absolute Gasteiger partial charge is 0.454 e. The molecule has 0 aliphatic carbocycles. The van der Waals surface area contributed by atoms with E-state index in [1.54, 1.807) is 34.7 Å². The predicted molar refractivity (Wildman–Crippen MR) is 56.0 cm³/mol. The van der Waals surface area contributed by atoms with Crippen LogP contribution in [-0.4, -0.2) is 23.6 Å². The number of anilines is 1. The number of rotatable bonds is 2. The van der Waals surface area contributed by atoms with Gasteiger partial charge in [0.2, 0.25) is 5.76 Å². The van der Waals surface area contributed by atoms with Crippen LogP contribution in [0.4, 0.5) is 6.01 Å². The lowest BCUT2D eigenvalue weighted by Crippen LogP contribution is -2.24. The minimum absolute atomic E-state index is 0.147. The fraction of sp³-hybridized carbons (Fsp3) is 0.600. The lowest BCUT2D eigenvalue weighted by molar-refractivity contribution is 0.00360. The standard InChI is InChI=1S/C10H16N2O3/c1-6-7(14-9(11-5)12-6)8(13)15-10(2,3)4/h1-5H3,(H,11,12). The molecule has 0 unspecified atom stereocenters. The van der Waals surface area contributed by atoms with E-state index in [9.17, 15) is 4.79 Å². The van der Waals surface area contributed by atoms with Crippen LogP contribution in [0.15, 0.2) is 4.42 Å². The highest BCUT2D eigenvalue weighted by atomic mass is 16.6. The zero-order valence-electron chi connectivity index (χ0n) is 9.67. The Labute approximate surface area is 88.8 Å². The Morgan fingerprint density at radius 1 is 1.47 bits per heavy atom. The van der Waals surface area contributed by atoms with E-state index < -0.39 is 11.6 Å². The van der Waals surface area contributed by atoms with Crippen molar-refractivity contribution in [3.8, 4) is 0 Å². The molecule has 0 fully saturated rings. The van der Waals surface area contributed by atoms with Gasteiger partial charge in [0.25, 0.3) is 6.01 Å². The zero-order chi connectivity index (χ0) is 11.6. The first kappa shape index (κ1) is 11.6. The van der Waals surface area contributed by atoms with Crippen molar-refractivity contribution in [1.29, 1.82) is 0 Å². The van der Waals surface area contributed by atoms with Crippen molar-refractivity contribution in [3.05, 3.63) is 11.5 Å². The number of aryl methyl sites for hydroxylation is 1. The van der Waals surface area contributed by atoms with Gasteiger partial charge in [-0.15, -0.1) is 0 Å². The van der Waals surface area contributed by atoms with Crippen molar-refractivity contribution < 1.29 is 13.9 Å². The highest BCUT2D eigenvalue weighted by molar-refractivity contribution is 5.88. The summed E-state index contributed by atoms with van der Waals surface area (Å²) in [5, 5.41) is 2.72. The van der Waals surface area contributed by atoms with E-state index in [1.165, 1.54) is 0 Å². The van der Waals surface area contributed by atoms with Gasteiger partial charge in [-0.25, -0.2) is 4.79 Å². The van der Waals surface area contributed by atoms with Crippen LogP contribution in [0.5, 0.6) is 0 Å². The molecule has 0 saturated heterocycles. The Balaban J connectivity index is 2.87. The van der Waals surface area contributed by atoms with Crippen molar-refractivity contribution in [2.24, 2.45) is 0 Å². The van der Waals surface area contributed by atoms with E-state index in [4.69, 9.17) is 9.15 Å². The van der Waals surface area contributed by atoms with E-state index in [-0.39, 0.29) is 5.76 Å². The number of esters is 1. The van der Waals surface area contributed by atoms with E-state index in [2.05, 4.69) is 10.3 Å². The fourth-order valence-corrected chi connectivity index (χ4v) is 1.02. The molecule has 15 heavy (non-hydrogen) atoms. The summed E-state index contributed by atoms with van der Waals surface area (Å²) in [4.78, 5) is 15.6. The second-order valence-electron chi connectivity index (χ2n) is 4.19. The Bertz CT molecular complexity index is 363. The Morgan fingerprint density at radius 3 is 2.47 bits per heavy atom. The molecule has 5 heteroatoms. The molecule has 0 atom stereocenters. The van der Waals surface area contributed by atoms with Crippen molar-refractivity contribution in [2.45, 2.75) is 33.3 Å². The SMILES string of the molecule is CNc1nc(C)c(C(=O)OC(C)(C)C)o1. The van der Waals surface area contributed by atoms with Gasteiger partial charge in [0.05, 0.1) is 5.69 Å². The van der Waals surface area contributed by atoms with E-state index in [0.717, 1.165) is 0 Å². The molecule has 5 nitrogen and oxygen atoms in total. The number of nitrogens with zero attached hydrogens (tertiary/aromatic N) is 1. The maximum Gasteiger partial charge on any atom is 0.376 e. The third kappa shape index (κ3) is 2.97. The van der Waals surface area contributed by atoms with Crippen molar-refractivity contribution >= 4 is 12.0 Å². The van der Waals surface area contributed by atoms with Gasteiger partial charge < -0.3 is 14.5 Å². The number of aromatic nitrogens is 1. The molecule has 0 aliphatic heterocycles. The smallest absolute Gasteiger partial charge is 0.376 e. The Hall–Kier alpha value is -1.52. The predicted octanol–water partition coefficient (Wildman–Crippen LogP) is 1.98. The van der Waals surface area contributed by atoms with Crippen LogP contribution in [0.25, 0.3) is 0 Å². The normalized spacial score (nSPS) is 11.3. The summed E-state index contributed by atoms with van der Waals surface area (Å²) < 4.78 is 10.3. The van der Waals surface area contributed by atoms with Crippen LogP contribution in [-0.2, 0) is 4.74 Å². The molecule has 0 aliphatic rings. The summed E-state index contributed by atoms with van der Waals surface area (Å²) in [6, 6.07) is 0.313. The summed E-state index contributed by atoms with van der Waals surface area (Å²) in [5.41, 5.74) is -0.00978. The van der Waals surface area contributed by atoms with Crippen molar-refractivity contribution in [2.75, 3.05) is 12.4 Å². The number of carbonyl (C=O) groups excluding carboxylic acids is 1. The maximum absolute atomic E-state index is 11.6. The van der Waals surface area contributed by atoms with Crippen LogP contribution in [0.2, 0.25) is 0 Å². The summed E-state index contributed by atoms with van der Waals surface area (Å²) in [7, 11) is 1.67. The number of hydrogen-bond acceptors (Lipinski definition) is 5. The number of hydrogen-bond donors (Lipinski definition) is 1. The molecule has 0 aromatic carbocycles. The number of ether oxygens (including phenoxy) is 1. The van der Waals surface area contributed by atoms with Gasteiger partial charge in [0.1, 0.15) is 5.60 Å². The van der Waals surface area contributed by atoms with Crippen molar-refractivity contribution in [3.63, 3.8) is 0 Å². The van der Waals surface area contributed by atoms with Gasteiger partial charge in [-0.2, -0.15) is 4.98 Å². The molecule has 1 aromatic rings. The fourth-order valence-electron chi connectivity index (χ4n) is 1.02. The average molecular weight is 212 g/mol. The number of oxazole rings is 1. The topological polar surface area (TPSA) is 64.4 Å². The lowest BCUT2D eigenvalue weighted by Gasteiger charge is -2.18. The second kappa shape index (κ2) is 3.92. The van der Waals surface area contributed by atoms with Gasteiger partial charge in [-0.3, -0.25) is 0 Å². The van der Waals surface area contributed by atoms with E-state index >= 15 is 0 Å². The summed E-state index contributed by atoms with van der Waals surface area (Å²) >= 11 is 0. The van der Waals surface area contributed by atoms with E-state index in [1.807, 2.05) is 0 Å². The van der Waals surface area contributed by atoms with Crippen LogP contribution >= 0.6 is 0 Å². The van der Waals surface area contributed by atoms with Crippen LogP contribution in [0, 0.1) is 6.92 Å². The van der Waals surface area contributed by atoms with Crippen molar-refractivity contribution in [1.82, 2.24) is 4.98 Å². The second-order valence-corrected chi connectivity index (χ2v) is 4.19. The molecule has 1 aromatic heterocycles. The van der Waals surface area contributed by atoms with Crippen LogP contribution in [0.1, 0.15) is 37.0 Å². The molecule has 0 spiro atoms. The molecular weight excluding hydrogens is 196 g/mol. The number of nitrogens with one attached hydrogen (secondary N) is 1. The molecule has 0 saturated carbocycles. The summed E-state index contributed by atoms with van der Waals surface area (Å²) in [6.45, 7) is 7.10. The minimum atomic E-state index is -0.532. The van der Waals surface area contributed by atoms with Gasteiger partial charge in [0, 0.05) is 7.05 Å². The first-order valence-electron chi connectivity index (χ1n) is 4.72. The molecule has 0 amide bonds. The number of carbonyl (C=O) groups is 1. The molecular formula is C10H16N2O3. The molecule has 0 bridgehead atoms. The highest BCUT2D eigenvalue weighted by Gasteiger charge is 2.23. The van der Waals surface area contributed by atoms with Crippen LogP contribution in [0.3, 0.4) is 0 Å². The first-order valence-corrected chi connectivity index (χ1v) is 4.72. The summed E-state index contributed by atoms with van der Waals surface area (Å²) in [5.74, 6) is -0.344. The van der Waals surface area contributed by atoms with Gasteiger partial charge >= 0.3 is 5.97 Å². The maximum atomic E-state index is 11.6. The first-order chi connectivity index (χ1) is 6.83. The van der Waals surface area contributed by atoms with Gasteiger partial charge in [0.15, 0.2) is 0 Å². The summed E-state index contributed by atoms with van der Waals surface area (Å²) in [6.07, 6.45) is 0. The third-order valence-electron chi connectivity index (χ3n) is 1.59. The van der Waals surface area contributed by atoms with Crippen LogP contribution < -0.4 is 5.32 Å². The monoisotopic (exact) mass is 212 g/mol. The third-order valence-corrected chi connectivity index (χ3v) is 1.59.